The van der Waals surface area contributed by atoms with E-state index < -0.39 is 0 Å². The highest BCUT2D eigenvalue weighted by atomic mass is 16.3. The van der Waals surface area contributed by atoms with Gasteiger partial charge in [-0.2, -0.15) is 0 Å². The average molecular weight is 98.1 g/mol. The molecule has 0 radical (unpaired) electrons. The number of hydrogen-bond acceptors (Lipinski definition) is 2. The van der Waals surface area contributed by atoms with E-state index >= 15 is 0 Å². The van der Waals surface area contributed by atoms with Crippen molar-refractivity contribution in [3.8, 4) is 0 Å². The van der Waals surface area contributed by atoms with Gasteiger partial charge in [-0.3, -0.25) is 0 Å². The monoisotopic (exact) mass is 98.0 g/mol. The van der Waals surface area contributed by atoms with Gasteiger partial charge in [0, 0.05) is 12.3 Å². The normalized spacial score (nSPS) is 20.0. The van der Waals surface area contributed by atoms with Crippen LogP contribution in [0, 0.1) is 0 Å². The molecule has 0 aromatic heterocycles. The minimum Gasteiger partial charge on any atom is -0.857 e. The third-order valence-electron chi connectivity index (χ3n) is 0.837. The Morgan fingerprint density at radius 3 is 2.71 bits per heavy atom. The Bertz CT molecular complexity index is 128. The Hall–Kier alpha value is -0.860. The van der Waals surface area contributed by atoms with E-state index in [0.717, 1.165) is 0 Å². The smallest absolute Gasteiger partial charge is 0.178 e. The van der Waals surface area contributed by atoms with Crippen LogP contribution < -0.4 is 5.11 Å². The summed E-state index contributed by atoms with van der Waals surface area (Å²) in [6.45, 7) is 4.11. The van der Waals surface area contributed by atoms with E-state index in [-0.39, 0.29) is 5.90 Å². The van der Waals surface area contributed by atoms with E-state index in [1.54, 1.807) is 0 Å². The van der Waals surface area contributed by atoms with E-state index in [1.165, 1.54) is 4.68 Å². The first-order valence-electron chi connectivity index (χ1n) is 2.11. The van der Waals surface area contributed by atoms with E-state index in [0.29, 0.717) is 13.0 Å². The predicted octanol–water partition coefficient (Wildman–Crippen LogP) is -1.22. The van der Waals surface area contributed by atoms with E-state index in [1.807, 2.05) is 0 Å². The fourth-order valence-electron chi connectivity index (χ4n) is 0.482. The molecule has 0 unspecified atom stereocenters. The van der Waals surface area contributed by atoms with Gasteiger partial charge in [-0.15, -0.1) is 0 Å². The lowest BCUT2D eigenvalue weighted by Crippen LogP contribution is -2.13. The number of hydrogen-bond donors (Lipinski definition) is 0. The molecule has 3 nitrogen and oxygen atoms in total. The Morgan fingerprint density at radius 1 is 1.86 bits per heavy atom. The summed E-state index contributed by atoms with van der Waals surface area (Å²) >= 11 is 0. The highest BCUT2D eigenvalue weighted by Crippen LogP contribution is 1.90. The Kier molecular flexibility index (Phi) is 0.817. The van der Waals surface area contributed by atoms with Crippen LogP contribution in [0.5, 0.6) is 0 Å². The molecule has 0 aliphatic carbocycles. The Balaban J connectivity index is 2.67. The molecule has 0 spiro atoms. The summed E-state index contributed by atoms with van der Waals surface area (Å²) in [5.74, 6) is -0.0602. The number of rotatable bonds is 0. The van der Waals surface area contributed by atoms with Gasteiger partial charge in [0.05, 0.1) is 0 Å². The molecular weight excluding hydrogens is 92.1 g/mol. The first-order chi connectivity index (χ1) is 3.29. The molecule has 0 N–H and O–H groups in total. The van der Waals surface area contributed by atoms with Gasteiger partial charge in [-0.05, 0) is 5.10 Å². The van der Waals surface area contributed by atoms with Gasteiger partial charge in [0.15, 0.2) is 13.3 Å². The maximum atomic E-state index is 10.2. The molecule has 0 atom stereocenters. The molecule has 0 saturated carbocycles. The van der Waals surface area contributed by atoms with Crippen molar-refractivity contribution in [3.63, 3.8) is 0 Å². The molecule has 1 aliphatic rings. The van der Waals surface area contributed by atoms with Crippen molar-refractivity contribution in [1.82, 2.24) is 0 Å². The van der Waals surface area contributed by atoms with Crippen LogP contribution in [-0.4, -0.2) is 23.8 Å². The Morgan fingerprint density at radius 2 is 2.57 bits per heavy atom. The summed E-state index contributed by atoms with van der Waals surface area (Å²) in [5, 5.41) is 13.7. The molecule has 0 bridgehead atoms. The fraction of sp³-hybridized carbons (Fsp3) is 0.500. The van der Waals surface area contributed by atoms with Gasteiger partial charge in [-0.1, -0.05) is 4.68 Å². The van der Waals surface area contributed by atoms with Crippen molar-refractivity contribution in [2.45, 2.75) is 6.42 Å². The van der Waals surface area contributed by atoms with Crippen LogP contribution in [0.25, 0.3) is 0 Å². The van der Waals surface area contributed by atoms with Gasteiger partial charge in [-0.25, -0.2) is 0 Å². The summed E-state index contributed by atoms with van der Waals surface area (Å²) in [5.41, 5.74) is 0. The molecule has 1 aliphatic heterocycles. The van der Waals surface area contributed by atoms with Gasteiger partial charge < -0.3 is 5.11 Å². The minimum absolute atomic E-state index is 0.0602. The lowest BCUT2D eigenvalue weighted by atomic mass is 10.5. The zero-order valence-electron chi connectivity index (χ0n) is 3.92. The van der Waals surface area contributed by atoms with Crippen molar-refractivity contribution in [2.24, 2.45) is 5.10 Å². The summed E-state index contributed by atoms with van der Waals surface area (Å²) in [6.07, 6.45) is 0.531. The Labute approximate surface area is 41.6 Å². The van der Waals surface area contributed by atoms with Crippen LogP contribution in [0.4, 0.5) is 0 Å². The molecule has 0 saturated heterocycles. The summed E-state index contributed by atoms with van der Waals surface area (Å²) in [6, 6.07) is 0. The molecule has 0 fully saturated rings. The summed E-state index contributed by atoms with van der Waals surface area (Å²) < 4.78 is 1.41. The van der Waals surface area contributed by atoms with E-state index in [9.17, 15) is 5.11 Å². The largest absolute Gasteiger partial charge is 0.857 e. The summed E-state index contributed by atoms with van der Waals surface area (Å²) in [7, 11) is 0. The predicted molar refractivity (Wildman–Crippen MR) is 24.3 cm³/mol. The first kappa shape index (κ1) is 4.30. The molecule has 0 aromatic carbocycles. The van der Waals surface area contributed by atoms with Crippen LogP contribution in [0.2, 0.25) is 0 Å². The first-order valence-corrected chi connectivity index (χ1v) is 2.11. The maximum Gasteiger partial charge on any atom is 0.178 e. The van der Waals surface area contributed by atoms with Crippen molar-refractivity contribution in [3.05, 3.63) is 0 Å². The van der Waals surface area contributed by atoms with Crippen molar-refractivity contribution >= 4 is 12.6 Å². The zero-order chi connectivity index (χ0) is 5.28. The topological polar surface area (TPSA) is 38.4 Å². The zero-order valence-corrected chi connectivity index (χ0v) is 3.92. The van der Waals surface area contributed by atoms with Crippen molar-refractivity contribution < 1.29 is 9.79 Å². The molecule has 38 valence electrons. The van der Waals surface area contributed by atoms with Crippen LogP contribution in [0.3, 0.4) is 0 Å². The number of nitrogens with zero attached hydrogens (tertiary/aromatic N) is 2. The standard InChI is InChI=1S/C4H6N2O/c1-6-3-2-4(7)5-6/h1-3H2. The second-order valence-corrected chi connectivity index (χ2v) is 1.47. The minimum atomic E-state index is -0.0602. The maximum absolute atomic E-state index is 10.2. The SMILES string of the molecule is C=[N+]1CCC([O-])=N1. The third-order valence-corrected chi connectivity index (χ3v) is 0.837. The van der Waals surface area contributed by atoms with E-state index in [2.05, 4.69) is 11.8 Å². The van der Waals surface area contributed by atoms with Crippen molar-refractivity contribution in [1.29, 1.82) is 0 Å². The van der Waals surface area contributed by atoms with Gasteiger partial charge in [0.1, 0.15) is 0 Å². The molecule has 7 heavy (non-hydrogen) atoms. The quantitative estimate of drug-likeness (QED) is 0.350. The molecule has 0 amide bonds. The average Bonchev–Trinajstić information content (AvgIpc) is 1.87. The molecule has 3 heteroatoms. The van der Waals surface area contributed by atoms with Crippen LogP contribution >= 0.6 is 0 Å². The fourth-order valence-corrected chi connectivity index (χ4v) is 0.482. The van der Waals surface area contributed by atoms with Crippen LogP contribution in [-0.2, 0) is 0 Å². The lowest BCUT2D eigenvalue weighted by molar-refractivity contribution is -0.515. The molecular formula is C4H6N2O. The second kappa shape index (κ2) is 1.33. The second-order valence-electron chi connectivity index (χ2n) is 1.47. The highest BCUT2D eigenvalue weighted by molar-refractivity contribution is 5.71. The van der Waals surface area contributed by atoms with Gasteiger partial charge >= 0.3 is 0 Å². The van der Waals surface area contributed by atoms with Crippen LogP contribution in [0.15, 0.2) is 5.10 Å². The highest BCUT2D eigenvalue weighted by Gasteiger charge is 2.05. The van der Waals surface area contributed by atoms with Gasteiger partial charge in [0.25, 0.3) is 0 Å². The van der Waals surface area contributed by atoms with E-state index in [4.69, 9.17) is 0 Å². The molecule has 0 aromatic rings. The van der Waals surface area contributed by atoms with Crippen LogP contribution in [0.1, 0.15) is 6.42 Å². The lowest BCUT2D eigenvalue weighted by Gasteiger charge is -1.89. The molecule has 1 heterocycles. The summed E-state index contributed by atoms with van der Waals surface area (Å²) in [4.78, 5) is 0. The molecule has 1 rings (SSSR count). The van der Waals surface area contributed by atoms with Gasteiger partial charge in [0.2, 0.25) is 0 Å². The van der Waals surface area contributed by atoms with Crippen molar-refractivity contribution in [2.75, 3.05) is 6.54 Å². The third kappa shape index (κ3) is 0.765. The number of hydrazone groups is 1.